The third-order valence-corrected chi connectivity index (χ3v) is 12.6. The van der Waals surface area contributed by atoms with Crippen molar-refractivity contribution in [1.29, 1.82) is 0 Å². The molecule has 0 bridgehead atoms. The quantitative estimate of drug-likeness (QED) is 0.143. The van der Waals surface area contributed by atoms with Crippen LogP contribution >= 0.6 is 35.1 Å². The second-order valence-electron chi connectivity index (χ2n) is 11.7. The topological polar surface area (TPSA) is 132 Å². The molecule has 2 heterocycles. The van der Waals surface area contributed by atoms with Gasteiger partial charge in [0.15, 0.2) is 0 Å². The van der Waals surface area contributed by atoms with Crippen LogP contribution in [0.1, 0.15) is 63.8 Å². The van der Waals surface area contributed by atoms with Crippen molar-refractivity contribution in [3.05, 3.63) is 93.6 Å². The van der Waals surface area contributed by atoms with Gasteiger partial charge in [0.05, 0.1) is 22.2 Å². The summed E-state index contributed by atoms with van der Waals surface area (Å²) >= 11 is 9.46. The average molecular weight is 742 g/mol. The summed E-state index contributed by atoms with van der Waals surface area (Å²) < 4.78 is 31.5. The van der Waals surface area contributed by atoms with Crippen LogP contribution in [0.25, 0.3) is 16.8 Å². The highest BCUT2D eigenvalue weighted by Crippen LogP contribution is 2.32. The Morgan fingerprint density at radius 3 is 2.41 bits per heavy atom. The number of unbranched alkanes of at least 4 members (excludes halogenated alkanes) is 2. The average Bonchev–Trinajstić information content (AvgIpc) is 3.41. The van der Waals surface area contributed by atoms with E-state index in [1.807, 2.05) is 19.1 Å². The lowest BCUT2D eigenvalue weighted by atomic mass is 10.0. The first-order valence-electron chi connectivity index (χ1n) is 16.4. The Morgan fingerprint density at radius 1 is 0.980 bits per heavy atom. The van der Waals surface area contributed by atoms with Gasteiger partial charge in [-0.15, -0.1) is 28.6 Å². The highest BCUT2D eigenvalue weighted by molar-refractivity contribution is 8.18. The minimum absolute atomic E-state index is 0.0157. The predicted molar refractivity (Wildman–Crippen MR) is 199 cm³/mol. The second-order valence-corrected chi connectivity index (χ2v) is 16.5. The zero-order valence-corrected chi connectivity index (χ0v) is 30.7. The van der Waals surface area contributed by atoms with Crippen molar-refractivity contribution in [2.45, 2.75) is 74.8 Å². The van der Waals surface area contributed by atoms with Crippen molar-refractivity contribution in [2.24, 2.45) is 0 Å². The molecule has 1 fully saturated rings. The van der Waals surface area contributed by atoms with E-state index in [1.165, 1.54) is 34.3 Å². The lowest BCUT2D eigenvalue weighted by Crippen LogP contribution is -2.37. The van der Waals surface area contributed by atoms with Crippen molar-refractivity contribution in [1.82, 2.24) is 19.1 Å². The molecule has 3 aromatic carbocycles. The molecule has 0 saturated carbocycles. The summed E-state index contributed by atoms with van der Waals surface area (Å²) in [7, 11) is -4.12. The smallest absolute Gasteiger partial charge is 0.326 e. The van der Waals surface area contributed by atoms with Crippen LogP contribution in [0.5, 0.6) is 0 Å². The minimum Gasteiger partial charge on any atom is -0.326 e. The fourth-order valence-electron chi connectivity index (χ4n) is 5.37. The molecule has 5 rings (SSSR count). The van der Waals surface area contributed by atoms with Crippen LogP contribution in [-0.2, 0) is 32.6 Å². The molecule has 0 spiro atoms. The first-order valence-corrected chi connectivity index (χ1v) is 20.3. The Hall–Kier alpha value is -3.52. The van der Waals surface area contributed by atoms with Gasteiger partial charge in [0, 0.05) is 24.1 Å². The van der Waals surface area contributed by atoms with E-state index in [0.717, 1.165) is 49.2 Å². The van der Waals surface area contributed by atoms with Crippen LogP contribution < -0.4 is 15.7 Å². The molecule has 49 heavy (non-hydrogen) atoms. The van der Waals surface area contributed by atoms with Crippen LogP contribution in [0.15, 0.2) is 76.4 Å². The monoisotopic (exact) mass is 741 g/mol. The normalized spacial score (nSPS) is 13.7. The number of amides is 2. The maximum atomic E-state index is 13.8. The van der Waals surface area contributed by atoms with E-state index in [0.29, 0.717) is 46.2 Å². The van der Waals surface area contributed by atoms with Gasteiger partial charge in [0.25, 0.3) is 15.9 Å². The summed E-state index contributed by atoms with van der Waals surface area (Å²) in [6.07, 6.45) is 5.40. The predicted octanol–water partition coefficient (Wildman–Crippen LogP) is 6.88. The van der Waals surface area contributed by atoms with E-state index < -0.39 is 20.5 Å². The fraction of sp³-hybridized carbons (Fsp3) is 0.371. The largest absolute Gasteiger partial charge is 0.351 e. The van der Waals surface area contributed by atoms with Crippen LogP contribution in [0.2, 0.25) is 5.02 Å². The van der Waals surface area contributed by atoms with E-state index >= 15 is 0 Å². The molecule has 1 saturated heterocycles. The first-order chi connectivity index (χ1) is 23.6. The SMILES string of the molecule is CCCCC(=O)Nc1ccc(Cl)c(-n2nc(CCCC)n(Cc3ccc(-c4ccccc4S(=O)(=O)NC(=O)C4SCCCS4)cc3)c2=O)c1. The van der Waals surface area contributed by atoms with Gasteiger partial charge in [-0.1, -0.05) is 80.8 Å². The lowest BCUT2D eigenvalue weighted by molar-refractivity contribution is -0.117. The number of anilines is 1. The molecular formula is C35H40ClN5O5S3. The van der Waals surface area contributed by atoms with Gasteiger partial charge in [-0.3, -0.25) is 14.2 Å². The van der Waals surface area contributed by atoms with Crippen molar-refractivity contribution < 1.29 is 18.0 Å². The molecule has 10 nitrogen and oxygen atoms in total. The molecule has 2 amide bonds. The van der Waals surface area contributed by atoms with E-state index in [2.05, 4.69) is 22.1 Å². The molecule has 1 aliphatic heterocycles. The summed E-state index contributed by atoms with van der Waals surface area (Å²) in [5.41, 5.74) is 2.46. The van der Waals surface area contributed by atoms with Gasteiger partial charge >= 0.3 is 5.69 Å². The van der Waals surface area contributed by atoms with E-state index in [4.69, 9.17) is 11.6 Å². The molecule has 0 unspecified atom stereocenters. The fourth-order valence-corrected chi connectivity index (χ4v) is 9.56. The van der Waals surface area contributed by atoms with E-state index in [1.54, 1.807) is 53.1 Å². The summed E-state index contributed by atoms with van der Waals surface area (Å²) in [6, 6.07) is 18.9. The van der Waals surface area contributed by atoms with Gasteiger partial charge in [0.2, 0.25) is 5.91 Å². The van der Waals surface area contributed by atoms with Crippen molar-refractivity contribution in [3.8, 4) is 16.8 Å². The molecule has 0 atom stereocenters. The molecule has 1 aromatic heterocycles. The number of sulfonamides is 1. The summed E-state index contributed by atoms with van der Waals surface area (Å²) in [6.45, 7) is 4.32. The third-order valence-electron chi connectivity index (χ3n) is 7.97. The van der Waals surface area contributed by atoms with Crippen LogP contribution in [0, 0.1) is 0 Å². The van der Waals surface area contributed by atoms with Crippen molar-refractivity contribution in [2.75, 3.05) is 16.8 Å². The van der Waals surface area contributed by atoms with E-state index in [-0.39, 0.29) is 23.0 Å². The number of halogens is 1. The number of nitrogens with one attached hydrogen (secondary N) is 2. The van der Waals surface area contributed by atoms with Gasteiger partial charge in [-0.2, -0.15) is 4.68 Å². The minimum atomic E-state index is -4.12. The summed E-state index contributed by atoms with van der Waals surface area (Å²) in [5, 5.41) is 7.87. The Labute approximate surface area is 300 Å². The number of aromatic nitrogens is 3. The van der Waals surface area contributed by atoms with Crippen LogP contribution in [-0.4, -0.2) is 50.7 Å². The van der Waals surface area contributed by atoms with Gasteiger partial charge in [0.1, 0.15) is 10.4 Å². The number of carbonyl (C=O) groups is 2. The number of hydrogen-bond donors (Lipinski definition) is 2. The Kier molecular flexibility index (Phi) is 12.7. The maximum absolute atomic E-state index is 13.8. The number of carbonyl (C=O) groups excluding carboxylic acids is 2. The Morgan fingerprint density at radius 2 is 1.69 bits per heavy atom. The van der Waals surface area contributed by atoms with Crippen molar-refractivity contribution >= 4 is 62.6 Å². The van der Waals surface area contributed by atoms with Crippen LogP contribution in [0.4, 0.5) is 5.69 Å². The Balaban J connectivity index is 1.40. The van der Waals surface area contributed by atoms with Crippen molar-refractivity contribution in [3.63, 3.8) is 0 Å². The molecule has 0 aliphatic carbocycles. The standard InChI is InChI=1S/C35H40ClN5O5S3/c1-3-5-12-31-38-41(29-22-26(18-19-28(29)36)37-32(42)13-6-4-2)35(44)40(31)23-24-14-16-25(17-15-24)27-10-7-8-11-30(27)49(45,46)39-33(43)34-47-20-9-21-48-34/h7-8,10-11,14-19,22,34H,3-6,9,12-13,20-21,23H2,1-2H3,(H,37,42)(H,39,43). The number of rotatable bonds is 14. The highest BCUT2D eigenvalue weighted by Gasteiger charge is 2.28. The van der Waals surface area contributed by atoms with Crippen LogP contribution in [0.3, 0.4) is 0 Å². The number of thioether (sulfide) groups is 2. The molecule has 260 valence electrons. The molecular weight excluding hydrogens is 702 g/mol. The number of hydrogen-bond acceptors (Lipinski definition) is 8. The lowest BCUT2D eigenvalue weighted by Gasteiger charge is -2.20. The third kappa shape index (κ3) is 9.19. The number of aryl methyl sites for hydroxylation is 1. The number of benzene rings is 3. The van der Waals surface area contributed by atoms with Gasteiger partial charge in [-0.05, 0) is 66.2 Å². The Bertz CT molecular complexity index is 1950. The van der Waals surface area contributed by atoms with Gasteiger partial charge in [-0.25, -0.2) is 17.9 Å². The first kappa shape index (κ1) is 36.8. The molecule has 2 N–H and O–H groups in total. The van der Waals surface area contributed by atoms with Gasteiger partial charge < -0.3 is 5.32 Å². The highest BCUT2D eigenvalue weighted by atomic mass is 35.5. The van der Waals surface area contributed by atoms with E-state index in [9.17, 15) is 22.8 Å². The molecule has 1 aliphatic rings. The second kappa shape index (κ2) is 16.9. The maximum Gasteiger partial charge on any atom is 0.351 e. The summed E-state index contributed by atoms with van der Waals surface area (Å²) in [5.74, 6) is 1.62. The number of nitrogens with zero attached hydrogens (tertiary/aromatic N) is 3. The summed E-state index contributed by atoms with van der Waals surface area (Å²) in [4.78, 5) is 39.0. The molecule has 4 aromatic rings. The molecule has 0 radical (unpaired) electrons. The zero-order valence-electron chi connectivity index (χ0n) is 27.5. The molecule has 14 heteroatoms. The zero-order chi connectivity index (χ0) is 35.0.